The van der Waals surface area contributed by atoms with Crippen molar-refractivity contribution in [2.24, 2.45) is 0 Å². The molecule has 0 amide bonds. The van der Waals surface area contributed by atoms with Gasteiger partial charge >= 0.3 is 0 Å². The molecule has 1 unspecified atom stereocenters. The minimum Gasteiger partial charge on any atom is -0.454 e. The summed E-state index contributed by atoms with van der Waals surface area (Å²) < 4.78 is 33.0. The number of ether oxygens (including phenoxy) is 2. The fraction of sp³-hybridized carbons (Fsp3) is 0.500. The fourth-order valence-electron chi connectivity index (χ4n) is 1.93. The van der Waals surface area contributed by atoms with Gasteiger partial charge < -0.3 is 14.8 Å². The van der Waals surface area contributed by atoms with Crippen molar-refractivity contribution in [3.8, 4) is 11.5 Å². The number of fused-ring (bicyclic) bond motifs is 1. The maximum absolute atomic E-state index is 11.2. The van der Waals surface area contributed by atoms with Gasteiger partial charge in [-0.25, -0.2) is 8.42 Å². The summed E-state index contributed by atoms with van der Waals surface area (Å²) in [6.45, 7) is 2.65. The molecule has 100 valence electrons. The average molecular weight is 271 g/mol. The predicted molar refractivity (Wildman–Crippen MR) is 68.6 cm³/mol. The first-order valence-electron chi connectivity index (χ1n) is 5.74. The Morgan fingerprint density at radius 1 is 1.39 bits per heavy atom. The molecule has 0 aromatic heterocycles. The van der Waals surface area contributed by atoms with Crippen LogP contribution in [0, 0.1) is 0 Å². The average Bonchev–Trinajstić information content (AvgIpc) is 2.72. The maximum atomic E-state index is 11.2. The van der Waals surface area contributed by atoms with E-state index < -0.39 is 9.84 Å². The van der Waals surface area contributed by atoms with Crippen molar-refractivity contribution in [3.05, 3.63) is 23.8 Å². The van der Waals surface area contributed by atoms with Gasteiger partial charge in [0.15, 0.2) is 11.5 Å². The van der Waals surface area contributed by atoms with Gasteiger partial charge in [-0.1, -0.05) is 12.1 Å². The van der Waals surface area contributed by atoms with Crippen LogP contribution in [0.5, 0.6) is 11.5 Å². The molecule has 1 atom stereocenters. The summed E-state index contributed by atoms with van der Waals surface area (Å²) in [6, 6.07) is 5.59. The quantitative estimate of drug-likeness (QED) is 0.863. The molecule has 0 saturated carbocycles. The van der Waals surface area contributed by atoms with E-state index in [2.05, 4.69) is 5.32 Å². The molecule has 1 aromatic rings. The van der Waals surface area contributed by atoms with Crippen LogP contribution in [-0.2, 0) is 16.4 Å². The summed E-state index contributed by atoms with van der Waals surface area (Å²) in [7, 11) is -2.96. The highest BCUT2D eigenvalue weighted by molar-refractivity contribution is 7.90. The molecule has 5 nitrogen and oxygen atoms in total. The standard InChI is InChI=1S/C12H17NO4S/c1-9(7-18(2,14)15)13-6-10-4-3-5-11-12(10)17-8-16-11/h3-5,9,13H,6-8H2,1-2H3. The third-order valence-corrected chi connectivity index (χ3v) is 3.78. The molecule has 0 radical (unpaired) electrons. The van der Waals surface area contributed by atoms with E-state index in [0.29, 0.717) is 6.54 Å². The van der Waals surface area contributed by atoms with Gasteiger partial charge in [0.1, 0.15) is 9.84 Å². The Kier molecular flexibility index (Phi) is 3.77. The maximum Gasteiger partial charge on any atom is 0.231 e. The molecular formula is C12H17NO4S. The lowest BCUT2D eigenvalue weighted by Crippen LogP contribution is -2.32. The van der Waals surface area contributed by atoms with Crippen molar-refractivity contribution in [1.29, 1.82) is 0 Å². The van der Waals surface area contributed by atoms with Crippen LogP contribution < -0.4 is 14.8 Å². The molecule has 0 bridgehead atoms. The van der Waals surface area contributed by atoms with Crippen LogP contribution >= 0.6 is 0 Å². The predicted octanol–water partition coefficient (Wildman–Crippen LogP) is 0.938. The Hall–Kier alpha value is -1.27. The van der Waals surface area contributed by atoms with Gasteiger partial charge in [-0.05, 0) is 13.0 Å². The second kappa shape index (κ2) is 5.16. The molecule has 2 rings (SSSR count). The molecule has 0 saturated heterocycles. The van der Waals surface area contributed by atoms with Crippen molar-refractivity contribution < 1.29 is 17.9 Å². The van der Waals surface area contributed by atoms with Crippen molar-refractivity contribution in [2.45, 2.75) is 19.5 Å². The number of sulfone groups is 1. The number of rotatable bonds is 5. The summed E-state index contributed by atoms with van der Waals surface area (Å²) in [6.07, 6.45) is 1.24. The zero-order chi connectivity index (χ0) is 13.2. The molecule has 6 heteroatoms. The van der Waals surface area contributed by atoms with Crippen molar-refractivity contribution >= 4 is 9.84 Å². The van der Waals surface area contributed by atoms with Crippen molar-refractivity contribution in [2.75, 3.05) is 18.8 Å². The number of hydrogen-bond acceptors (Lipinski definition) is 5. The lowest BCUT2D eigenvalue weighted by Gasteiger charge is -2.13. The van der Waals surface area contributed by atoms with Gasteiger partial charge in [0, 0.05) is 24.4 Å². The van der Waals surface area contributed by atoms with E-state index in [-0.39, 0.29) is 18.6 Å². The molecule has 0 aliphatic carbocycles. The summed E-state index contributed by atoms with van der Waals surface area (Å²) in [5.74, 6) is 1.61. The zero-order valence-electron chi connectivity index (χ0n) is 10.5. The Labute approximate surface area is 107 Å². The monoisotopic (exact) mass is 271 g/mol. The smallest absolute Gasteiger partial charge is 0.231 e. The fourth-order valence-corrected chi connectivity index (χ4v) is 2.95. The minimum absolute atomic E-state index is 0.0989. The van der Waals surface area contributed by atoms with Crippen LogP contribution in [0.15, 0.2) is 18.2 Å². The van der Waals surface area contributed by atoms with Crippen LogP contribution in [0.3, 0.4) is 0 Å². The highest BCUT2D eigenvalue weighted by atomic mass is 32.2. The number of hydrogen-bond donors (Lipinski definition) is 1. The summed E-state index contributed by atoms with van der Waals surface area (Å²) in [5.41, 5.74) is 0.977. The lowest BCUT2D eigenvalue weighted by molar-refractivity contribution is 0.173. The second-order valence-electron chi connectivity index (χ2n) is 4.53. The van der Waals surface area contributed by atoms with Gasteiger partial charge in [-0.15, -0.1) is 0 Å². The van der Waals surface area contributed by atoms with Crippen LogP contribution in [0.2, 0.25) is 0 Å². The van der Waals surface area contributed by atoms with E-state index >= 15 is 0 Å². The first-order valence-corrected chi connectivity index (χ1v) is 7.80. The number of para-hydroxylation sites is 1. The molecule has 18 heavy (non-hydrogen) atoms. The van der Waals surface area contributed by atoms with E-state index in [0.717, 1.165) is 17.1 Å². The largest absolute Gasteiger partial charge is 0.454 e. The van der Waals surface area contributed by atoms with Crippen LogP contribution in [0.1, 0.15) is 12.5 Å². The van der Waals surface area contributed by atoms with E-state index in [9.17, 15) is 8.42 Å². The van der Waals surface area contributed by atoms with Gasteiger partial charge in [0.2, 0.25) is 6.79 Å². The molecule has 1 aliphatic rings. The van der Waals surface area contributed by atoms with Gasteiger partial charge in [0.05, 0.1) is 5.75 Å². The van der Waals surface area contributed by atoms with Crippen LogP contribution in [0.4, 0.5) is 0 Å². The SMILES string of the molecule is CC(CS(C)(=O)=O)NCc1cccc2c1OCO2. The van der Waals surface area contributed by atoms with E-state index in [4.69, 9.17) is 9.47 Å². The first kappa shape index (κ1) is 13.2. The molecule has 1 aromatic carbocycles. The Bertz CT molecular complexity index is 527. The molecular weight excluding hydrogens is 254 g/mol. The van der Waals surface area contributed by atoms with Crippen molar-refractivity contribution in [3.63, 3.8) is 0 Å². The molecule has 0 spiro atoms. The molecule has 1 N–H and O–H groups in total. The van der Waals surface area contributed by atoms with E-state index in [1.54, 1.807) is 0 Å². The minimum atomic E-state index is -2.96. The summed E-state index contributed by atoms with van der Waals surface area (Å²) in [5, 5.41) is 3.17. The third kappa shape index (κ3) is 3.36. The Balaban J connectivity index is 1.97. The first-order chi connectivity index (χ1) is 8.46. The normalized spacial score (nSPS) is 15.7. The number of nitrogens with one attached hydrogen (secondary N) is 1. The lowest BCUT2D eigenvalue weighted by atomic mass is 10.2. The summed E-state index contributed by atoms with van der Waals surface area (Å²) in [4.78, 5) is 0. The zero-order valence-corrected chi connectivity index (χ0v) is 11.3. The third-order valence-electron chi connectivity index (χ3n) is 2.67. The second-order valence-corrected chi connectivity index (χ2v) is 6.71. The van der Waals surface area contributed by atoms with E-state index in [1.165, 1.54) is 6.26 Å². The van der Waals surface area contributed by atoms with Gasteiger partial charge in [0.25, 0.3) is 0 Å². The number of benzene rings is 1. The molecule has 1 aliphatic heterocycles. The Morgan fingerprint density at radius 3 is 2.89 bits per heavy atom. The van der Waals surface area contributed by atoms with Crippen molar-refractivity contribution in [1.82, 2.24) is 5.32 Å². The molecule has 1 heterocycles. The van der Waals surface area contributed by atoms with Gasteiger partial charge in [-0.3, -0.25) is 0 Å². The van der Waals surface area contributed by atoms with Crippen LogP contribution in [-0.4, -0.2) is 33.3 Å². The summed E-state index contributed by atoms with van der Waals surface area (Å²) >= 11 is 0. The van der Waals surface area contributed by atoms with Gasteiger partial charge in [-0.2, -0.15) is 0 Å². The highest BCUT2D eigenvalue weighted by Crippen LogP contribution is 2.35. The van der Waals surface area contributed by atoms with E-state index in [1.807, 2.05) is 25.1 Å². The van der Waals surface area contributed by atoms with Crippen LogP contribution in [0.25, 0.3) is 0 Å². The topological polar surface area (TPSA) is 64.6 Å². The molecule has 0 fully saturated rings. The highest BCUT2D eigenvalue weighted by Gasteiger charge is 2.17. The Morgan fingerprint density at radius 2 is 2.17 bits per heavy atom.